The van der Waals surface area contributed by atoms with Gasteiger partial charge in [0.2, 0.25) is 11.8 Å². The molecule has 2 heterocycles. The Bertz CT molecular complexity index is 930. The Balaban J connectivity index is 1.40. The second-order valence-electron chi connectivity index (χ2n) is 7.72. The van der Waals surface area contributed by atoms with Crippen LogP contribution in [0, 0.1) is 6.92 Å². The molecule has 1 N–H and O–H groups in total. The van der Waals surface area contributed by atoms with E-state index in [0.29, 0.717) is 5.56 Å². The van der Waals surface area contributed by atoms with Gasteiger partial charge in [0.15, 0.2) is 0 Å². The number of anilines is 2. The maximum Gasteiger partial charge on any atom is 0.255 e. The molecule has 3 amide bonds. The summed E-state index contributed by atoms with van der Waals surface area (Å²) < 4.78 is 0. The summed E-state index contributed by atoms with van der Waals surface area (Å²) in [5.41, 5.74) is 4.52. The van der Waals surface area contributed by atoms with Crippen molar-refractivity contribution in [3.8, 4) is 0 Å². The highest BCUT2D eigenvalue weighted by Crippen LogP contribution is 2.27. The van der Waals surface area contributed by atoms with Crippen LogP contribution in [0.25, 0.3) is 0 Å². The summed E-state index contributed by atoms with van der Waals surface area (Å²) >= 11 is 0. The lowest BCUT2D eigenvalue weighted by atomic mass is 10.1. The second kappa shape index (κ2) is 8.07. The number of hydrogen-bond acceptors (Lipinski definition) is 4. The molecule has 2 aromatic rings. The normalized spacial score (nSPS) is 16.6. The molecule has 6 heteroatoms. The molecule has 29 heavy (non-hydrogen) atoms. The lowest BCUT2D eigenvalue weighted by Crippen LogP contribution is -2.28. The van der Waals surface area contributed by atoms with Crippen LogP contribution in [0.4, 0.5) is 11.4 Å². The number of rotatable bonds is 5. The largest absolute Gasteiger partial charge is 0.371 e. The maximum atomic E-state index is 12.6. The third-order valence-corrected chi connectivity index (χ3v) is 5.61. The summed E-state index contributed by atoms with van der Waals surface area (Å²) in [6.07, 6.45) is 3.03. The summed E-state index contributed by atoms with van der Waals surface area (Å²) in [5, 5.41) is 2.95. The molecule has 0 saturated carbocycles. The molecule has 2 saturated heterocycles. The molecule has 0 aliphatic carbocycles. The Kier molecular flexibility index (Phi) is 5.34. The van der Waals surface area contributed by atoms with E-state index in [0.717, 1.165) is 29.9 Å². The standard InChI is InChI=1S/C23H25N3O3/c1-16-14-19(8-9-20(16)25-12-2-3-13-25)24-23(29)18-6-4-17(5-7-18)15-26-21(27)10-11-22(26)28/h4-9,14H,2-3,10-13,15H2,1H3,(H,24,29). The fourth-order valence-electron chi connectivity index (χ4n) is 3.99. The van der Waals surface area contributed by atoms with E-state index in [2.05, 4.69) is 23.2 Å². The van der Waals surface area contributed by atoms with Crippen molar-refractivity contribution < 1.29 is 14.4 Å². The summed E-state index contributed by atoms with van der Waals surface area (Å²) in [7, 11) is 0. The highest BCUT2D eigenvalue weighted by molar-refractivity contribution is 6.04. The first-order chi connectivity index (χ1) is 14.0. The minimum Gasteiger partial charge on any atom is -0.371 e. The van der Waals surface area contributed by atoms with Crippen molar-refractivity contribution in [2.24, 2.45) is 0 Å². The van der Waals surface area contributed by atoms with Crippen molar-refractivity contribution in [1.82, 2.24) is 4.90 Å². The topological polar surface area (TPSA) is 69.7 Å². The van der Waals surface area contributed by atoms with Gasteiger partial charge in [-0.25, -0.2) is 0 Å². The van der Waals surface area contributed by atoms with Crippen molar-refractivity contribution in [1.29, 1.82) is 0 Å². The summed E-state index contributed by atoms with van der Waals surface area (Å²) in [5.74, 6) is -0.452. The van der Waals surface area contributed by atoms with E-state index in [1.165, 1.54) is 23.4 Å². The number of nitrogens with zero attached hydrogens (tertiary/aromatic N) is 2. The highest BCUT2D eigenvalue weighted by atomic mass is 16.2. The van der Waals surface area contributed by atoms with E-state index in [1.807, 2.05) is 12.1 Å². The minimum absolute atomic E-state index is 0.135. The molecule has 0 radical (unpaired) electrons. The first kappa shape index (κ1) is 19.2. The van der Waals surface area contributed by atoms with Crippen LogP contribution in [0.1, 0.15) is 47.2 Å². The lowest BCUT2D eigenvalue weighted by molar-refractivity contribution is -0.139. The van der Waals surface area contributed by atoms with E-state index in [4.69, 9.17) is 0 Å². The number of carbonyl (C=O) groups excluding carboxylic acids is 3. The van der Waals surface area contributed by atoms with Gasteiger partial charge in [0.25, 0.3) is 5.91 Å². The van der Waals surface area contributed by atoms with Crippen LogP contribution < -0.4 is 10.2 Å². The Labute approximate surface area is 170 Å². The van der Waals surface area contributed by atoms with E-state index in [-0.39, 0.29) is 37.1 Å². The van der Waals surface area contributed by atoms with Gasteiger partial charge >= 0.3 is 0 Å². The van der Waals surface area contributed by atoms with E-state index >= 15 is 0 Å². The van der Waals surface area contributed by atoms with Crippen LogP contribution >= 0.6 is 0 Å². The van der Waals surface area contributed by atoms with Crippen molar-refractivity contribution >= 4 is 29.1 Å². The zero-order valence-corrected chi connectivity index (χ0v) is 16.6. The molecule has 0 aromatic heterocycles. The number of amides is 3. The van der Waals surface area contributed by atoms with Gasteiger partial charge < -0.3 is 10.2 Å². The summed E-state index contributed by atoms with van der Waals surface area (Å²) in [6.45, 7) is 4.51. The van der Waals surface area contributed by atoms with Crippen LogP contribution in [0.3, 0.4) is 0 Å². The van der Waals surface area contributed by atoms with Gasteiger partial charge in [-0.1, -0.05) is 12.1 Å². The number of imide groups is 1. The van der Waals surface area contributed by atoms with Crippen molar-refractivity contribution in [2.45, 2.75) is 39.2 Å². The quantitative estimate of drug-likeness (QED) is 0.792. The Hall–Kier alpha value is -3.15. The summed E-state index contributed by atoms with van der Waals surface area (Å²) in [4.78, 5) is 39.7. The van der Waals surface area contributed by atoms with E-state index in [9.17, 15) is 14.4 Å². The van der Waals surface area contributed by atoms with Crippen molar-refractivity contribution in [2.75, 3.05) is 23.3 Å². The van der Waals surface area contributed by atoms with Crippen LogP contribution in [0.2, 0.25) is 0 Å². The molecule has 6 nitrogen and oxygen atoms in total. The average molecular weight is 391 g/mol. The number of aryl methyl sites for hydroxylation is 1. The maximum absolute atomic E-state index is 12.6. The zero-order valence-electron chi connectivity index (χ0n) is 16.6. The predicted molar refractivity (Wildman–Crippen MR) is 112 cm³/mol. The minimum atomic E-state index is -0.182. The third-order valence-electron chi connectivity index (χ3n) is 5.61. The fraction of sp³-hybridized carbons (Fsp3) is 0.348. The van der Waals surface area contributed by atoms with Gasteiger partial charge in [0.1, 0.15) is 0 Å². The molecule has 2 aliphatic rings. The average Bonchev–Trinajstić information content (AvgIpc) is 3.34. The van der Waals surface area contributed by atoms with Gasteiger partial charge in [-0.3, -0.25) is 19.3 Å². The predicted octanol–water partition coefficient (Wildman–Crippen LogP) is 3.50. The Morgan fingerprint density at radius 3 is 2.24 bits per heavy atom. The van der Waals surface area contributed by atoms with E-state index < -0.39 is 0 Å². The molecule has 150 valence electrons. The van der Waals surface area contributed by atoms with Crippen LogP contribution in [-0.2, 0) is 16.1 Å². The van der Waals surface area contributed by atoms with Crippen LogP contribution in [0.5, 0.6) is 0 Å². The van der Waals surface area contributed by atoms with Gasteiger partial charge in [-0.05, 0) is 61.2 Å². The monoisotopic (exact) mass is 391 g/mol. The molecule has 0 atom stereocenters. The zero-order chi connectivity index (χ0) is 20.4. The van der Waals surface area contributed by atoms with Crippen LogP contribution in [0.15, 0.2) is 42.5 Å². The molecular formula is C23H25N3O3. The van der Waals surface area contributed by atoms with Gasteiger partial charge in [-0.2, -0.15) is 0 Å². The molecule has 0 spiro atoms. The molecule has 2 fully saturated rings. The molecule has 4 rings (SSSR count). The smallest absolute Gasteiger partial charge is 0.255 e. The van der Waals surface area contributed by atoms with Gasteiger partial charge in [0, 0.05) is 42.9 Å². The van der Waals surface area contributed by atoms with E-state index in [1.54, 1.807) is 24.3 Å². The number of hydrogen-bond donors (Lipinski definition) is 1. The number of nitrogens with one attached hydrogen (secondary N) is 1. The number of carbonyl (C=O) groups is 3. The molecule has 2 aliphatic heterocycles. The second-order valence-corrected chi connectivity index (χ2v) is 7.72. The SMILES string of the molecule is Cc1cc(NC(=O)c2ccc(CN3C(=O)CCC3=O)cc2)ccc1N1CCCC1. The van der Waals surface area contributed by atoms with Gasteiger partial charge in [0.05, 0.1) is 6.54 Å². The molecule has 0 bridgehead atoms. The Morgan fingerprint density at radius 1 is 0.966 bits per heavy atom. The Morgan fingerprint density at radius 2 is 1.62 bits per heavy atom. The van der Waals surface area contributed by atoms with Gasteiger partial charge in [-0.15, -0.1) is 0 Å². The highest BCUT2D eigenvalue weighted by Gasteiger charge is 2.28. The molecular weight excluding hydrogens is 366 g/mol. The lowest BCUT2D eigenvalue weighted by Gasteiger charge is -2.20. The molecule has 2 aromatic carbocycles. The number of likely N-dealkylation sites (tertiary alicyclic amines) is 1. The summed E-state index contributed by atoms with van der Waals surface area (Å²) in [6, 6.07) is 13.0. The third kappa shape index (κ3) is 4.16. The molecule has 0 unspecified atom stereocenters. The first-order valence-electron chi connectivity index (χ1n) is 10.1. The van der Waals surface area contributed by atoms with Crippen molar-refractivity contribution in [3.63, 3.8) is 0 Å². The van der Waals surface area contributed by atoms with Crippen molar-refractivity contribution in [3.05, 3.63) is 59.2 Å². The first-order valence-corrected chi connectivity index (χ1v) is 10.1. The fourth-order valence-corrected chi connectivity index (χ4v) is 3.99. The van der Waals surface area contributed by atoms with Crippen LogP contribution in [-0.4, -0.2) is 35.7 Å². The number of benzene rings is 2.